The van der Waals surface area contributed by atoms with Crippen LogP contribution in [0.25, 0.3) is 0 Å². The predicted octanol–water partition coefficient (Wildman–Crippen LogP) is 2.79. The lowest BCUT2D eigenvalue weighted by molar-refractivity contribution is -0.123. The molecule has 0 radical (unpaired) electrons. The van der Waals surface area contributed by atoms with Crippen LogP contribution in [-0.4, -0.2) is 41.2 Å². The lowest BCUT2D eigenvalue weighted by Gasteiger charge is -2.14. The number of esters is 1. The highest BCUT2D eigenvalue weighted by Gasteiger charge is 2.35. The minimum Gasteiger partial charge on any atom is -0.449 e. The second kappa shape index (κ2) is 8.05. The molecule has 0 aromatic heterocycles. The van der Waals surface area contributed by atoms with Gasteiger partial charge in [-0.05, 0) is 49.4 Å². The summed E-state index contributed by atoms with van der Waals surface area (Å²) in [6.45, 7) is 4.95. The first-order valence-electron chi connectivity index (χ1n) is 8.70. The molecule has 3 rings (SSSR count). The van der Waals surface area contributed by atoms with Gasteiger partial charge in [0.25, 0.3) is 17.7 Å². The van der Waals surface area contributed by atoms with Gasteiger partial charge < -0.3 is 10.1 Å². The quantitative estimate of drug-likeness (QED) is 0.460. The number of anilines is 1. The largest absolute Gasteiger partial charge is 0.449 e. The van der Waals surface area contributed by atoms with Gasteiger partial charge in [0.1, 0.15) is 5.82 Å². The van der Waals surface area contributed by atoms with E-state index < -0.39 is 35.6 Å². The predicted molar refractivity (Wildman–Crippen MR) is 102 cm³/mol. The second-order valence-corrected chi connectivity index (χ2v) is 6.31. The molecule has 1 heterocycles. The summed E-state index contributed by atoms with van der Waals surface area (Å²) < 4.78 is 18.1. The van der Waals surface area contributed by atoms with Crippen LogP contribution in [0.15, 0.2) is 55.1 Å². The Morgan fingerprint density at radius 2 is 1.79 bits per heavy atom. The van der Waals surface area contributed by atoms with E-state index in [9.17, 15) is 23.6 Å². The normalized spacial score (nSPS) is 13.7. The van der Waals surface area contributed by atoms with Gasteiger partial charge in [-0.3, -0.25) is 19.3 Å². The van der Waals surface area contributed by atoms with E-state index in [-0.39, 0.29) is 23.2 Å². The number of fused-ring (bicyclic) bond motifs is 1. The fraction of sp³-hybridized carbons (Fsp3) is 0.143. The van der Waals surface area contributed by atoms with Gasteiger partial charge in [0, 0.05) is 12.2 Å². The maximum atomic E-state index is 12.9. The average Bonchev–Trinajstić information content (AvgIpc) is 2.94. The summed E-state index contributed by atoms with van der Waals surface area (Å²) >= 11 is 0. The Balaban J connectivity index is 1.69. The molecule has 29 heavy (non-hydrogen) atoms. The Bertz CT molecular complexity index is 1020. The van der Waals surface area contributed by atoms with Crippen molar-refractivity contribution in [1.82, 2.24) is 4.90 Å². The Morgan fingerprint density at radius 1 is 1.14 bits per heavy atom. The Kier molecular flexibility index (Phi) is 5.54. The van der Waals surface area contributed by atoms with Crippen LogP contribution in [0.3, 0.4) is 0 Å². The summed E-state index contributed by atoms with van der Waals surface area (Å²) in [6.07, 6.45) is 0.286. The Hall–Kier alpha value is -3.81. The smallest absolute Gasteiger partial charge is 0.338 e. The fourth-order valence-corrected chi connectivity index (χ4v) is 2.77. The van der Waals surface area contributed by atoms with Gasteiger partial charge in [0.2, 0.25) is 0 Å². The zero-order valence-electron chi connectivity index (χ0n) is 15.5. The van der Waals surface area contributed by atoms with Gasteiger partial charge >= 0.3 is 5.97 Å². The van der Waals surface area contributed by atoms with Crippen molar-refractivity contribution >= 4 is 29.4 Å². The molecule has 2 aromatic rings. The number of nitrogens with one attached hydrogen (secondary N) is 1. The van der Waals surface area contributed by atoms with E-state index in [1.54, 1.807) is 0 Å². The molecule has 7 nitrogen and oxygen atoms in total. The summed E-state index contributed by atoms with van der Waals surface area (Å²) in [5.41, 5.74) is 0.667. The molecule has 1 aliphatic heterocycles. The number of nitrogens with zero attached hydrogens (tertiary/aromatic N) is 1. The maximum Gasteiger partial charge on any atom is 0.338 e. The number of halogens is 1. The lowest BCUT2D eigenvalue weighted by atomic mass is 10.1. The van der Waals surface area contributed by atoms with Gasteiger partial charge in [-0.2, -0.15) is 0 Å². The van der Waals surface area contributed by atoms with Crippen molar-refractivity contribution in [2.45, 2.75) is 13.0 Å². The van der Waals surface area contributed by atoms with Gasteiger partial charge in [0.15, 0.2) is 6.10 Å². The number of carbonyl (C=O) groups is 4. The molecule has 148 valence electrons. The molecule has 1 aliphatic rings. The molecule has 0 saturated heterocycles. The van der Waals surface area contributed by atoms with Crippen LogP contribution in [0.5, 0.6) is 0 Å². The van der Waals surface area contributed by atoms with Crippen LogP contribution in [0.2, 0.25) is 0 Å². The Labute approximate surface area is 165 Å². The standard InChI is InChI=1S/C21H17FN2O5/c1-3-10-24-19(26)16-9-4-13(11-17(16)20(24)27)21(28)29-12(2)18(25)23-15-7-5-14(22)6-8-15/h3-9,11-12H,1,10H2,2H3,(H,23,25)/t12-/m1/s1. The number of ether oxygens (including phenoxy) is 1. The number of imide groups is 1. The van der Waals surface area contributed by atoms with Crippen molar-refractivity contribution in [2.75, 3.05) is 11.9 Å². The van der Waals surface area contributed by atoms with Gasteiger partial charge in [-0.1, -0.05) is 6.08 Å². The molecule has 3 amide bonds. The zero-order chi connectivity index (χ0) is 21.1. The van der Waals surface area contributed by atoms with Crippen LogP contribution < -0.4 is 5.32 Å². The van der Waals surface area contributed by atoms with E-state index in [2.05, 4.69) is 11.9 Å². The minimum atomic E-state index is -1.14. The molecule has 2 aromatic carbocycles. The molecular weight excluding hydrogens is 379 g/mol. The number of amides is 3. The molecule has 1 N–H and O–H groups in total. The number of carbonyl (C=O) groups excluding carboxylic acids is 4. The van der Waals surface area contributed by atoms with E-state index in [4.69, 9.17) is 4.74 Å². The van der Waals surface area contributed by atoms with Crippen molar-refractivity contribution in [1.29, 1.82) is 0 Å². The third-order valence-corrected chi connectivity index (χ3v) is 4.28. The molecule has 0 fully saturated rings. The van der Waals surface area contributed by atoms with Crippen molar-refractivity contribution < 1.29 is 28.3 Å². The first kappa shape index (κ1) is 19.9. The summed E-state index contributed by atoms with van der Waals surface area (Å²) in [7, 11) is 0. The third kappa shape index (κ3) is 4.06. The maximum absolute atomic E-state index is 12.9. The number of rotatable bonds is 6. The van der Waals surface area contributed by atoms with Crippen LogP contribution in [0.1, 0.15) is 38.0 Å². The first-order valence-corrected chi connectivity index (χ1v) is 8.70. The molecule has 0 bridgehead atoms. The van der Waals surface area contributed by atoms with Crippen molar-refractivity contribution in [3.8, 4) is 0 Å². The number of benzene rings is 2. The highest BCUT2D eigenvalue weighted by molar-refractivity contribution is 6.22. The van der Waals surface area contributed by atoms with Gasteiger partial charge in [-0.15, -0.1) is 6.58 Å². The van der Waals surface area contributed by atoms with Crippen LogP contribution in [0, 0.1) is 5.82 Å². The highest BCUT2D eigenvalue weighted by Crippen LogP contribution is 2.24. The molecule has 0 spiro atoms. The number of hydrogen-bond acceptors (Lipinski definition) is 5. The summed E-state index contributed by atoms with van der Waals surface area (Å²) in [5.74, 6) is -2.86. The van der Waals surface area contributed by atoms with Crippen molar-refractivity contribution in [3.63, 3.8) is 0 Å². The summed E-state index contributed by atoms with van der Waals surface area (Å²) in [4.78, 5) is 50.1. The first-order chi connectivity index (χ1) is 13.8. The molecule has 0 unspecified atom stereocenters. The van der Waals surface area contributed by atoms with E-state index >= 15 is 0 Å². The van der Waals surface area contributed by atoms with E-state index in [0.29, 0.717) is 5.69 Å². The van der Waals surface area contributed by atoms with Gasteiger partial charge in [0.05, 0.1) is 16.7 Å². The van der Waals surface area contributed by atoms with Crippen LogP contribution in [-0.2, 0) is 9.53 Å². The minimum absolute atomic E-state index is 0.0341. The Morgan fingerprint density at radius 3 is 2.45 bits per heavy atom. The summed E-state index contributed by atoms with van der Waals surface area (Å²) in [6, 6.07) is 9.12. The zero-order valence-corrected chi connectivity index (χ0v) is 15.5. The van der Waals surface area contributed by atoms with E-state index in [0.717, 1.165) is 4.90 Å². The highest BCUT2D eigenvalue weighted by atomic mass is 19.1. The van der Waals surface area contributed by atoms with Crippen LogP contribution in [0.4, 0.5) is 10.1 Å². The van der Waals surface area contributed by atoms with Crippen molar-refractivity contribution in [2.24, 2.45) is 0 Å². The fourth-order valence-electron chi connectivity index (χ4n) is 2.77. The molecule has 1 atom stereocenters. The third-order valence-electron chi connectivity index (χ3n) is 4.28. The SMILES string of the molecule is C=CCN1C(=O)c2ccc(C(=O)O[C@H](C)C(=O)Nc3ccc(F)cc3)cc2C1=O. The second-order valence-electron chi connectivity index (χ2n) is 6.31. The summed E-state index contributed by atoms with van der Waals surface area (Å²) in [5, 5.41) is 2.50. The molecular formula is C21H17FN2O5. The van der Waals surface area contributed by atoms with E-state index in [1.165, 1.54) is 55.5 Å². The monoisotopic (exact) mass is 396 g/mol. The molecule has 0 saturated carbocycles. The van der Waals surface area contributed by atoms with E-state index in [1.807, 2.05) is 0 Å². The number of hydrogen-bond donors (Lipinski definition) is 1. The van der Waals surface area contributed by atoms with Crippen molar-refractivity contribution in [3.05, 3.63) is 77.6 Å². The average molecular weight is 396 g/mol. The lowest BCUT2D eigenvalue weighted by Crippen LogP contribution is -2.30. The molecule has 0 aliphatic carbocycles. The van der Waals surface area contributed by atoms with Gasteiger partial charge in [-0.25, -0.2) is 9.18 Å². The van der Waals surface area contributed by atoms with Crippen LogP contribution >= 0.6 is 0 Å². The topological polar surface area (TPSA) is 92.8 Å². The molecule has 8 heteroatoms.